The van der Waals surface area contributed by atoms with Crippen molar-refractivity contribution < 1.29 is 28.7 Å². The first-order valence-corrected chi connectivity index (χ1v) is 7.41. The van der Waals surface area contributed by atoms with Gasteiger partial charge >= 0.3 is 5.97 Å². The number of nitro benzene ring substituents is 1. The summed E-state index contributed by atoms with van der Waals surface area (Å²) in [5.74, 6) is 0.243. The van der Waals surface area contributed by atoms with E-state index in [1.165, 1.54) is 19.2 Å². The zero-order valence-corrected chi connectivity index (χ0v) is 13.4. The monoisotopic (exact) mass is 345 g/mol. The Balaban J connectivity index is 1.84. The molecule has 0 unspecified atom stereocenters. The Morgan fingerprint density at radius 3 is 2.88 bits per heavy atom. The Kier molecular flexibility index (Phi) is 4.80. The maximum atomic E-state index is 12.3. The van der Waals surface area contributed by atoms with Crippen LogP contribution in [0, 0.1) is 10.1 Å². The molecule has 0 aliphatic carbocycles. The predicted molar refractivity (Wildman–Crippen MR) is 85.5 cm³/mol. The third-order valence-corrected chi connectivity index (χ3v) is 3.67. The highest BCUT2D eigenvalue weighted by atomic mass is 16.7. The molecule has 130 valence electrons. The summed E-state index contributed by atoms with van der Waals surface area (Å²) in [4.78, 5) is 22.9. The van der Waals surface area contributed by atoms with Gasteiger partial charge in [0.25, 0.3) is 5.69 Å². The number of nitro groups is 1. The number of carbonyl (C=O) groups is 1. The van der Waals surface area contributed by atoms with E-state index in [0.29, 0.717) is 22.6 Å². The molecule has 2 aromatic carbocycles. The number of ether oxygens (including phenoxy) is 4. The molecular weight excluding hydrogens is 330 g/mol. The molecule has 0 amide bonds. The van der Waals surface area contributed by atoms with Gasteiger partial charge in [-0.15, -0.1) is 0 Å². The maximum absolute atomic E-state index is 12.3. The van der Waals surface area contributed by atoms with Crippen LogP contribution in [0.2, 0.25) is 0 Å². The number of carbonyl (C=O) groups excluding carboxylic acids is 1. The van der Waals surface area contributed by atoms with Crippen LogP contribution >= 0.6 is 0 Å². The molecule has 2 aromatic rings. The predicted octanol–water partition coefficient (Wildman–Crippen LogP) is 2.83. The first-order valence-electron chi connectivity index (χ1n) is 7.41. The van der Waals surface area contributed by atoms with E-state index in [1.807, 2.05) is 0 Å². The first-order chi connectivity index (χ1) is 12.1. The minimum atomic E-state index is -0.593. The molecule has 0 saturated carbocycles. The van der Waals surface area contributed by atoms with Crippen LogP contribution < -0.4 is 9.47 Å². The molecule has 0 saturated heterocycles. The number of benzene rings is 2. The molecule has 25 heavy (non-hydrogen) atoms. The molecule has 1 aliphatic heterocycles. The largest absolute Gasteiger partial charge is 0.496 e. The molecule has 1 heterocycles. The molecule has 0 fully saturated rings. The number of hydrogen-bond acceptors (Lipinski definition) is 7. The number of fused-ring (bicyclic) bond motifs is 1. The normalized spacial score (nSPS) is 12.7. The lowest BCUT2D eigenvalue weighted by Crippen LogP contribution is -2.15. The number of methoxy groups -OCH3 is 1. The summed E-state index contributed by atoms with van der Waals surface area (Å²) in [6, 6.07) is 9.37. The molecule has 8 nitrogen and oxygen atoms in total. The summed E-state index contributed by atoms with van der Waals surface area (Å²) in [7, 11) is 1.46. The summed E-state index contributed by atoms with van der Waals surface area (Å²) >= 11 is 0. The molecule has 1 aliphatic rings. The summed E-state index contributed by atoms with van der Waals surface area (Å²) < 4.78 is 21.0. The van der Waals surface area contributed by atoms with Crippen molar-refractivity contribution in [2.45, 2.75) is 13.2 Å². The number of rotatable bonds is 5. The fourth-order valence-electron chi connectivity index (χ4n) is 2.53. The third-order valence-electron chi connectivity index (χ3n) is 3.67. The lowest BCUT2D eigenvalue weighted by Gasteiger charge is -2.20. The van der Waals surface area contributed by atoms with Gasteiger partial charge < -0.3 is 18.9 Å². The smallest absolute Gasteiger partial charge is 0.342 e. The van der Waals surface area contributed by atoms with Gasteiger partial charge in [0.15, 0.2) is 6.79 Å². The molecule has 3 rings (SSSR count). The zero-order chi connectivity index (χ0) is 17.8. The van der Waals surface area contributed by atoms with Gasteiger partial charge in [0.2, 0.25) is 0 Å². The summed E-state index contributed by atoms with van der Waals surface area (Å²) in [6.07, 6.45) is 0. The zero-order valence-electron chi connectivity index (χ0n) is 13.4. The molecule has 0 N–H and O–H groups in total. The van der Waals surface area contributed by atoms with Crippen molar-refractivity contribution in [1.29, 1.82) is 0 Å². The van der Waals surface area contributed by atoms with Gasteiger partial charge in [0.1, 0.15) is 23.7 Å². The Morgan fingerprint density at radius 2 is 2.12 bits per heavy atom. The quantitative estimate of drug-likeness (QED) is 0.467. The molecule has 0 bridgehead atoms. The molecule has 0 atom stereocenters. The average molecular weight is 345 g/mol. The van der Waals surface area contributed by atoms with Gasteiger partial charge in [-0.25, -0.2) is 4.79 Å². The van der Waals surface area contributed by atoms with Gasteiger partial charge in [-0.05, 0) is 12.1 Å². The van der Waals surface area contributed by atoms with Crippen LogP contribution in [0.5, 0.6) is 11.5 Å². The van der Waals surface area contributed by atoms with Crippen LogP contribution in [0.3, 0.4) is 0 Å². The fourth-order valence-corrected chi connectivity index (χ4v) is 2.53. The second-order valence-corrected chi connectivity index (χ2v) is 5.24. The van der Waals surface area contributed by atoms with Crippen molar-refractivity contribution in [2.24, 2.45) is 0 Å². The van der Waals surface area contributed by atoms with Gasteiger partial charge in [0.05, 0.1) is 18.6 Å². The van der Waals surface area contributed by atoms with E-state index in [-0.39, 0.29) is 31.3 Å². The van der Waals surface area contributed by atoms with Gasteiger partial charge in [-0.3, -0.25) is 10.1 Å². The summed E-state index contributed by atoms with van der Waals surface area (Å²) in [5.41, 5.74) is 1.12. The van der Waals surface area contributed by atoms with Crippen molar-refractivity contribution in [2.75, 3.05) is 13.9 Å². The molecule has 8 heteroatoms. The molecule has 0 radical (unpaired) electrons. The van der Waals surface area contributed by atoms with Crippen LogP contribution in [-0.4, -0.2) is 24.8 Å². The van der Waals surface area contributed by atoms with E-state index in [9.17, 15) is 14.9 Å². The van der Waals surface area contributed by atoms with Crippen LogP contribution in [0.15, 0.2) is 36.4 Å². The van der Waals surface area contributed by atoms with Crippen molar-refractivity contribution >= 4 is 11.7 Å². The number of para-hydroxylation sites is 1. The summed E-state index contributed by atoms with van der Waals surface area (Å²) in [6.45, 7) is 0.0730. The van der Waals surface area contributed by atoms with E-state index >= 15 is 0 Å². The second-order valence-electron chi connectivity index (χ2n) is 5.24. The Morgan fingerprint density at radius 1 is 1.32 bits per heavy atom. The fraction of sp³-hybridized carbons (Fsp3) is 0.235. The first kappa shape index (κ1) is 16.7. The second kappa shape index (κ2) is 7.18. The number of hydrogen-bond donors (Lipinski definition) is 0. The highest BCUT2D eigenvalue weighted by Crippen LogP contribution is 2.33. The standard InChI is InChI=1S/C17H15NO7/c1-22-15-5-3-2-4-14(15)17(19)24-9-12-7-13(18(20)21)6-11-8-23-10-25-16(11)12/h2-7H,8-10H2,1H3. The van der Waals surface area contributed by atoms with Crippen molar-refractivity contribution in [3.8, 4) is 11.5 Å². The molecule has 0 spiro atoms. The van der Waals surface area contributed by atoms with E-state index in [0.717, 1.165) is 0 Å². The van der Waals surface area contributed by atoms with Gasteiger partial charge in [-0.1, -0.05) is 12.1 Å². The van der Waals surface area contributed by atoms with Gasteiger partial charge in [-0.2, -0.15) is 0 Å². The van der Waals surface area contributed by atoms with Crippen LogP contribution in [0.1, 0.15) is 21.5 Å². The maximum Gasteiger partial charge on any atom is 0.342 e. The average Bonchev–Trinajstić information content (AvgIpc) is 2.65. The van der Waals surface area contributed by atoms with Gasteiger partial charge in [0, 0.05) is 23.3 Å². The van der Waals surface area contributed by atoms with Crippen LogP contribution in [0.4, 0.5) is 5.69 Å². The highest BCUT2D eigenvalue weighted by Gasteiger charge is 2.22. The molecular formula is C17H15NO7. The number of esters is 1. The third kappa shape index (κ3) is 3.53. The van der Waals surface area contributed by atoms with E-state index in [2.05, 4.69) is 0 Å². The molecule has 0 aromatic heterocycles. The minimum Gasteiger partial charge on any atom is -0.496 e. The van der Waals surface area contributed by atoms with Crippen molar-refractivity contribution in [3.63, 3.8) is 0 Å². The Labute approximate surface area is 143 Å². The topological polar surface area (TPSA) is 97.1 Å². The summed E-state index contributed by atoms with van der Waals surface area (Å²) in [5, 5.41) is 11.1. The SMILES string of the molecule is COc1ccccc1C(=O)OCc1cc([N+](=O)[O-])cc2c1OCOC2. The van der Waals surface area contributed by atoms with Crippen LogP contribution in [0.25, 0.3) is 0 Å². The highest BCUT2D eigenvalue weighted by molar-refractivity contribution is 5.92. The van der Waals surface area contributed by atoms with E-state index in [1.54, 1.807) is 24.3 Å². The number of non-ortho nitro benzene ring substituents is 1. The van der Waals surface area contributed by atoms with E-state index in [4.69, 9.17) is 18.9 Å². The van der Waals surface area contributed by atoms with Crippen LogP contribution in [-0.2, 0) is 22.7 Å². The Hall–Kier alpha value is -3.13. The minimum absolute atomic E-state index is 0.0399. The number of nitrogens with zero attached hydrogens (tertiary/aromatic N) is 1. The van der Waals surface area contributed by atoms with Crippen molar-refractivity contribution in [3.05, 3.63) is 63.2 Å². The lowest BCUT2D eigenvalue weighted by molar-refractivity contribution is -0.385. The Bertz CT molecular complexity index is 819. The lowest BCUT2D eigenvalue weighted by atomic mass is 10.1. The van der Waals surface area contributed by atoms with E-state index < -0.39 is 10.9 Å². The van der Waals surface area contributed by atoms with Crippen molar-refractivity contribution in [1.82, 2.24) is 0 Å².